The van der Waals surface area contributed by atoms with Gasteiger partial charge in [0.15, 0.2) is 0 Å². The molecule has 2 rings (SSSR count). The molecule has 0 saturated carbocycles. The van der Waals surface area contributed by atoms with E-state index >= 15 is 0 Å². The van der Waals surface area contributed by atoms with E-state index < -0.39 is 5.91 Å². The number of carbonyl (C=O) groups is 1. The summed E-state index contributed by atoms with van der Waals surface area (Å²) in [7, 11) is 0. The minimum absolute atomic E-state index is 0.201. The number of thiophene rings is 1. The highest BCUT2D eigenvalue weighted by Crippen LogP contribution is 2.17. The van der Waals surface area contributed by atoms with Crippen molar-refractivity contribution in [1.29, 1.82) is 0 Å². The predicted molar refractivity (Wildman–Crippen MR) is 68.8 cm³/mol. The molecule has 0 aliphatic heterocycles. The van der Waals surface area contributed by atoms with Gasteiger partial charge in [0.05, 0.1) is 5.69 Å². The first-order valence-corrected chi connectivity index (χ1v) is 5.92. The molecule has 0 aromatic carbocycles. The summed E-state index contributed by atoms with van der Waals surface area (Å²) in [5.74, 6) is -0.0870. The van der Waals surface area contributed by atoms with Gasteiger partial charge in [-0.25, -0.2) is 4.98 Å². The van der Waals surface area contributed by atoms with Crippen LogP contribution in [0.4, 0.5) is 11.5 Å². The SMILES string of the molecule is NC(=O)c1ccc(N)c(NCc2ccsc2)n1. The van der Waals surface area contributed by atoms with Crippen LogP contribution in [0.3, 0.4) is 0 Å². The first-order valence-electron chi connectivity index (χ1n) is 4.98. The van der Waals surface area contributed by atoms with Gasteiger partial charge in [-0.15, -0.1) is 0 Å². The van der Waals surface area contributed by atoms with E-state index in [2.05, 4.69) is 10.3 Å². The van der Waals surface area contributed by atoms with Crippen LogP contribution in [-0.2, 0) is 6.54 Å². The fraction of sp³-hybridized carbons (Fsp3) is 0.0909. The molecule has 0 saturated heterocycles. The van der Waals surface area contributed by atoms with Crippen molar-refractivity contribution >= 4 is 28.7 Å². The molecular weight excluding hydrogens is 236 g/mol. The molecule has 0 fully saturated rings. The number of carbonyl (C=O) groups excluding carboxylic acids is 1. The van der Waals surface area contributed by atoms with Gasteiger partial charge in [-0.2, -0.15) is 11.3 Å². The summed E-state index contributed by atoms with van der Waals surface area (Å²) in [5.41, 5.74) is 12.7. The van der Waals surface area contributed by atoms with E-state index in [1.165, 1.54) is 6.07 Å². The Balaban J connectivity index is 2.14. The Bertz CT molecular complexity index is 524. The van der Waals surface area contributed by atoms with E-state index in [9.17, 15) is 4.79 Å². The Morgan fingerprint density at radius 1 is 1.41 bits per heavy atom. The van der Waals surface area contributed by atoms with Crippen molar-refractivity contribution < 1.29 is 4.79 Å². The summed E-state index contributed by atoms with van der Waals surface area (Å²) >= 11 is 1.62. The molecule has 0 unspecified atom stereocenters. The van der Waals surface area contributed by atoms with E-state index in [0.29, 0.717) is 18.1 Å². The van der Waals surface area contributed by atoms with Crippen molar-refractivity contribution in [2.45, 2.75) is 6.54 Å². The number of anilines is 2. The molecule has 0 bridgehead atoms. The Morgan fingerprint density at radius 2 is 2.24 bits per heavy atom. The molecule has 0 atom stereocenters. The Morgan fingerprint density at radius 3 is 2.88 bits per heavy atom. The van der Waals surface area contributed by atoms with Gasteiger partial charge in [-0.3, -0.25) is 4.79 Å². The molecule has 6 heteroatoms. The second-order valence-electron chi connectivity index (χ2n) is 3.48. The van der Waals surface area contributed by atoms with Gasteiger partial charge in [0.2, 0.25) is 0 Å². The van der Waals surface area contributed by atoms with Gasteiger partial charge in [0, 0.05) is 6.54 Å². The minimum Gasteiger partial charge on any atom is -0.396 e. The smallest absolute Gasteiger partial charge is 0.267 e. The average Bonchev–Trinajstić information content (AvgIpc) is 2.80. The summed E-state index contributed by atoms with van der Waals surface area (Å²) in [6, 6.07) is 5.13. The number of nitrogen functional groups attached to an aromatic ring is 1. The van der Waals surface area contributed by atoms with Crippen LogP contribution >= 0.6 is 11.3 Å². The Hall–Kier alpha value is -2.08. The predicted octanol–water partition coefficient (Wildman–Crippen LogP) is 1.44. The van der Waals surface area contributed by atoms with Crippen LogP contribution in [0.2, 0.25) is 0 Å². The average molecular weight is 248 g/mol. The van der Waals surface area contributed by atoms with E-state index in [1.54, 1.807) is 17.4 Å². The highest BCUT2D eigenvalue weighted by Gasteiger charge is 2.06. The summed E-state index contributed by atoms with van der Waals surface area (Å²) in [6.45, 7) is 0.614. The lowest BCUT2D eigenvalue weighted by molar-refractivity contribution is 0.0996. The van der Waals surface area contributed by atoms with E-state index in [0.717, 1.165) is 5.56 Å². The zero-order valence-electron chi connectivity index (χ0n) is 9.01. The van der Waals surface area contributed by atoms with Crippen molar-refractivity contribution in [3.05, 3.63) is 40.2 Å². The topological polar surface area (TPSA) is 94.0 Å². The third kappa shape index (κ3) is 2.73. The monoisotopic (exact) mass is 248 g/mol. The molecule has 5 N–H and O–H groups in total. The summed E-state index contributed by atoms with van der Waals surface area (Å²) in [4.78, 5) is 15.1. The van der Waals surface area contributed by atoms with Gasteiger partial charge in [-0.1, -0.05) is 0 Å². The molecule has 2 aromatic rings. The summed E-state index contributed by atoms with van der Waals surface area (Å²) < 4.78 is 0. The van der Waals surface area contributed by atoms with Gasteiger partial charge in [0.1, 0.15) is 11.5 Å². The van der Waals surface area contributed by atoms with Gasteiger partial charge < -0.3 is 16.8 Å². The molecule has 1 amide bonds. The summed E-state index contributed by atoms with van der Waals surface area (Å²) in [5, 5.41) is 7.10. The highest BCUT2D eigenvalue weighted by atomic mass is 32.1. The van der Waals surface area contributed by atoms with Crippen molar-refractivity contribution in [2.75, 3.05) is 11.1 Å². The number of nitrogens with zero attached hydrogens (tertiary/aromatic N) is 1. The van der Waals surface area contributed by atoms with Crippen molar-refractivity contribution in [3.8, 4) is 0 Å². The summed E-state index contributed by atoms with van der Waals surface area (Å²) in [6.07, 6.45) is 0. The molecule has 0 aliphatic carbocycles. The number of amides is 1. The number of aromatic nitrogens is 1. The molecule has 5 nitrogen and oxygen atoms in total. The first kappa shape index (κ1) is 11.4. The molecule has 0 spiro atoms. The van der Waals surface area contributed by atoms with Gasteiger partial charge in [0.25, 0.3) is 5.91 Å². The highest BCUT2D eigenvalue weighted by molar-refractivity contribution is 7.07. The second-order valence-corrected chi connectivity index (χ2v) is 4.26. The fourth-order valence-electron chi connectivity index (χ4n) is 1.33. The van der Waals surface area contributed by atoms with Crippen molar-refractivity contribution in [3.63, 3.8) is 0 Å². The fourth-order valence-corrected chi connectivity index (χ4v) is 2.00. The van der Waals surface area contributed by atoms with Crippen LogP contribution in [0, 0.1) is 0 Å². The largest absolute Gasteiger partial charge is 0.396 e. The molecule has 2 aromatic heterocycles. The van der Waals surface area contributed by atoms with Gasteiger partial charge in [-0.05, 0) is 34.5 Å². The van der Waals surface area contributed by atoms with Crippen LogP contribution in [0.5, 0.6) is 0 Å². The molecule has 17 heavy (non-hydrogen) atoms. The molecule has 88 valence electrons. The maximum Gasteiger partial charge on any atom is 0.267 e. The van der Waals surface area contributed by atoms with E-state index in [-0.39, 0.29) is 5.69 Å². The Labute approximate surface area is 102 Å². The minimum atomic E-state index is -0.566. The third-order valence-corrected chi connectivity index (χ3v) is 2.95. The maximum absolute atomic E-state index is 11.0. The van der Waals surface area contributed by atoms with E-state index in [1.807, 2.05) is 16.8 Å². The van der Waals surface area contributed by atoms with Crippen molar-refractivity contribution in [1.82, 2.24) is 4.98 Å². The third-order valence-electron chi connectivity index (χ3n) is 2.22. The number of hydrogen-bond acceptors (Lipinski definition) is 5. The molecule has 0 radical (unpaired) electrons. The first-order chi connectivity index (χ1) is 8.16. The number of hydrogen-bond donors (Lipinski definition) is 3. The lowest BCUT2D eigenvalue weighted by Crippen LogP contribution is -2.15. The van der Waals surface area contributed by atoms with Gasteiger partial charge >= 0.3 is 0 Å². The number of nitrogens with one attached hydrogen (secondary N) is 1. The molecule has 0 aliphatic rings. The quantitative estimate of drug-likeness (QED) is 0.763. The zero-order valence-corrected chi connectivity index (χ0v) is 9.83. The number of nitrogens with two attached hydrogens (primary N) is 2. The lowest BCUT2D eigenvalue weighted by Gasteiger charge is -2.08. The standard InChI is InChI=1S/C11H12N4OS/c12-8-1-2-9(10(13)16)15-11(8)14-5-7-3-4-17-6-7/h1-4,6H,5,12H2,(H2,13,16)(H,14,15). The van der Waals surface area contributed by atoms with Crippen molar-refractivity contribution in [2.24, 2.45) is 5.73 Å². The number of primary amides is 1. The van der Waals surface area contributed by atoms with Crippen LogP contribution in [0.15, 0.2) is 29.0 Å². The lowest BCUT2D eigenvalue weighted by atomic mass is 10.3. The van der Waals surface area contributed by atoms with Crippen LogP contribution < -0.4 is 16.8 Å². The molecule has 2 heterocycles. The number of pyridine rings is 1. The Kier molecular flexibility index (Phi) is 3.24. The van der Waals surface area contributed by atoms with Crippen LogP contribution in [0.25, 0.3) is 0 Å². The van der Waals surface area contributed by atoms with E-state index in [4.69, 9.17) is 11.5 Å². The normalized spacial score (nSPS) is 10.1. The maximum atomic E-state index is 11.0. The number of rotatable bonds is 4. The molecular formula is C11H12N4OS. The second kappa shape index (κ2) is 4.84. The van der Waals surface area contributed by atoms with Crippen LogP contribution in [-0.4, -0.2) is 10.9 Å². The van der Waals surface area contributed by atoms with Crippen LogP contribution in [0.1, 0.15) is 16.1 Å². The zero-order chi connectivity index (χ0) is 12.3.